The summed E-state index contributed by atoms with van der Waals surface area (Å²) in [4.78, 5) is 48.6. The van der Waals surface area contributed by atoms with Crippen LogP contribution in [0.3, 0.4) is 0 Å². The maximum Gasteiger partial charge on any atom is 0.343 e. The smallest absolute Gasteiger partial charge is 0.343 e. The maximum atomic E-state index is 12.9. The molecule has 282 valence electrons. The van der Waals surface area contributed by atoms with Crippen LogP contribution < -0.4 is 14.2 Å². The number of hydrogen-bond donors (Lipinski definition) is 0. The quantitative estimate of drug-likeness (QED) is 0.0321. The minimum atomic E-state index is -0.572. The number of carbonyl (C=O) groups is 4. The molecule has 0 aliphatic carbocycles. The van der Waals surface area contributed by atoms with Crippen molar-refractivity contribution in [3.63, 3.8) is 0 Å². The molecular weight excluding hydrogens is 688 g/mol. The Bertz CT molecular complexity index is 1910. The highest BCUT2D eigenvalue weighted by molar-refractivity contribution is 5.93. The van der Waals surface area contributed by atoms with Crippen LogP contribution in [-0.2, 0) is 25.5 Å². The summed E-state index contributed by atoms with van der Waals surface area (Å²) in [5.74, 6) is -0.509. The number of carbonyl (C=O) groups excluding carboxylic acids is 4. The van der Waals surface area contributed by atoms with Crippen molar-refractivity contribution in [2.24, 2.45) is 15.6 Å². The van der Waals surface area contributed by atoms with E-state index in [1.165, 1.54) is 24.3 Å². The third-order valence-electron chi connectivity index (χ3n) is 7.92. The van der Waals surface area contributed by atoms with Gasteiger partial charge in [-0.2, -0.15) is 10.2 Å². The molecule has 0 radical (unpaired) electrons. The van der Waals surface area contributed by atoms with Crippen LogP contribution in [0.2, 0.25) is 0 Å². The van der Waals surface area contributed by atoms with Crippen LogP contribution in [0.4, 0.5) is 11.4 Å². The van der Waals surface area contributed by atoms with Crippen LogP contribution in [0.25, 0.3) is 0 Å². The number of esters is 4. The zero-order chi connectivity index (χ0) is 38.9. The first-order chi connectivity index (χ1) is 25.9. The normalized spacial score (nSPS) is 11.1. The Kier molecular flexibility index (Phi) is 15.2. The van der Waals surface area contributed by atoms with Gasteiger partial charge in [-0.15, -0.1) is 0 Å². The van der Waals surface area contributed by atoms with Crippen molar-refractivity contribution in [3.8, 4) is 17.2 Å². The summed E-state index contributed by atoms with van der Waals surface area (Å²) in [5, 5.41) is 8.55. The second kappa shape index (κ2) is 20.2. The first kappa shape index (κ1) is 40.7. The van der Waals surface area contributed by atoms with Crippen molar-refractivity contribution >= 4 is 35.3 Å². The molecule has 0 saturated heterocycles. The molecule has 4 aromatic carbocycles. The number of nitrogens with zero attached hydrogens (tertiary/aromatic N) is 2. The Morgan fingerprint density at radius 1 is 0.685 bits per heavy atom. The Hall–Kier alpha value is -6.10. The number of ether oxygens (including phenoxy) is 5. The zero-order valence-electron chi connectivity index (χ0n) is 31.2. The van der Waals surface area contributed by atoms with Crippen LogP contribution in [0.1, 0.15) is 78.3 Å². The van der Waals surface area contributed by atoms with Crippen molar-refractivity contribution in [2.45, 2.75) is 59.8 Å². The van der Waals surface area contributed by atoms with Crippen LogP contribution >= 0.6 is 0 Å². The van der Waals surface area contributed by atoms with E-state index in [1.807, 2.05) is 24.3 Å². The fourth-order valence-electron chi connectivity index (χ4n) is 4.78. The molecule has 0 amide bonds. The van der Waals surface area contributed by atoms with Crippen molar-refractivity contribution in [3.05, 3.63) is 126 Å². The summed E-state index contributed by atoms with van der Waals surface area (Å²) in [6.07, 6.45) is 4.33. The van der Waals surface area contributed by atoms with Crippen molar-refractivity contribution < 1.29 is 42.9 Å². The van der Waals surface area contributed by atoms with Crippen molar-refractivity contribution in [2.75, 3.05) is 19.8 Å². The van der Waals surface area contributed by atoms with E-state index in [0.717, 1.165) is 24.5 Å². The van der Waals surface area contributed by atoms with E-state index >= 15 is 0 Å². The lowest BCUT2D eigenvalue weighted by atomic mass is 9.91. The molecule has 0 aromatic heterocycles. The van der Waals surface area contributed by atoms with Gasteiger partial charge in [0.25, 0.3) is 0 Å². The molecule has 0 aliphatic rings. The molecular formula is C43H46N2O9. The molecule has 0 N–H and O–H groups in total. The van der Waals surface area contributed by atoms with Crippen molar-refractivity contribution in [1.29, 1.82) is 0 Å². The number of aryl methyl sites for hydroxylation is 1. The summed E-state index contributed by atoms with van der Waals surface area (Å²) in [5.41, 5.74) is 3.63. The van der Waals surface area contributed by atoms with Crippen LogP contribution in [0, 0.1) is 12.3 Å². The minimum absolute atomic E-state index is 0.0986. The summed E-state index contributed by atoms with van der Waals surface area (Å²) in [6, 6.07) is 25.2. The van der Waals surface area contributed by atoms with E-state index in [1.54, 1.807) is 49.4 Å². The molecule has 4 rings (SSSR count). The molecule has 0 spiro atoms. The van der Waals surface area contributed by atoms with Crippen LogP contribution in [-0.4, -0.2) is 43.7 Å². The summed E-state index contributed by atoms with van der Waals surface area (Å²) < 4.78 is 27.1. The van der Waals surface area contributed by atoms with Gasteiger partial charge in [0.05, 0.1) is 42.3 Å². The fourth-order valence-corrected chi connectivity index (χ4v) is 4.78. The third-order valence-corrected chi connectivity index (χ3v) is 7.92. The summed E-state index contributed by atoms with van der Waals surface area (Å²) >= 11 is 0. The number of azo groups is 1. The molecule has 0 fully saturated rings. The summed E-state index contributed by atoms with van der Waals surface area (Å²) in [7, 11) is 0. The molecule has 54 heavy (non-hydrogen) atoms. The predicted octanol–water partition coefficient (Wildman–Crippen LogP) is 9.65. The Balaban J connectivity index is 1.18. The Morgan fingerprint density at radius 2 is 1.28 bits per heavy atom. The van der Waals surface area contributed by atoms with Crippen LogP contribution in [0.15, 0.2) is 114 Å². The minimum Gasteiger partial charge on any atom is -0.494 e. The van der Waals surface area contributed by atoms with Gasteiger partial charge < -0.3 is 23.7 Å². The number of rotatable bonds is 18. The highest BCUT2D eigenvalue weighted by Crippen LogP contribution is 2.27. The lowest BCUT2D eigenvalue weighted by Crippen LogP contribution is -2.12. The first-order valence-corrected chi connectivity index (χ1v) is 17.7. The van der Waals surface area contributed by atoms with Gasteiger partial charge in [-0.3, -0.25) is 4.79 Å². The van der Waals surface area contributed by atoms with E-state index in [9.17, 15) is 19.2 Å². The Morgan fingerprint density at radius 3 is 1.91 bits per heavy atom. The molecule has 0 bridgehead atoms. The van der Waals surface area contributed by atoms with Crippen LogP contribution in [0.5, 0.6) is 17.2 Å². The lowest BCUT2D eigenvalue weighted by molar-refractivity contribution is -0.144. The lowest BCUT2D eigenvalue weighted by Gasteiger charge is -2.16. The molecule has 0 saturated carbocycles. The van der Waals surface area contributed by atoms with E-state index in [-0.39, 0.29) is 29.3 Å². The molecule has 11 heteroatoms. The molecule has 0 atom stereocenters. The highest BCUT2D eigenvalue weighted by Gasteiger charge is 2.15. The standard InChI is InChI=1S/C43H46N2O9/c1-6-39(46)52-28-24-31-9-15-34(16-10-31)44-45-35-17-22-38(30(2)29-35)54-42(49)33-13-20-37(21-14-33)53-41(48)32-11-18-36(19-12-32)50-26-7-8-27-51-40(47)23-25-43(3,4)5/h6,9-22,29H,1,7-8,23-28H2,2-5H3/b45-44+. The first-order valence-electron chi connectivity index (χ1n) is 17.7. The topological polar surface area (TPSA) is 139 Å². The van der Waals surface area contributed by atoms with Gasteiger partial charge in [-0.05, 0) is 122 Å². The predicted molar refractivity (Wildman–Crippen MR) is 204 cm³/mol. The maximum absolute atomic E-state index is 12.9. The molecule has 4 aromatic rings. The third kappa shape index (κ3) is 14.1. The van der Waals surface area contributed by atoms with E-state index in [4.69, 9.17) is 23.7 Å². The average molecular weight is 735 g/mol. The monoisotopic (exact) mass is 734 g/mol. The van der Waals surface area contributed by atoms with Crippen molar-refractivity contribution in [1.82, 2.24) is 0 Å². The molecule has 0 heterocycles. The summed E-state index contributed by atoms with van der Waals surface area (Å²) in [6.45, 7) is 12.5. The second-order valence-electron chi connectivity index (χ2n) is 13.6. The number of hydrogen-bond acceptors (Lipinski definition) is 11. The highest BCUT2D eigenvalue weighted by atomic mass is 16.5. The van der Waals surface area contributed by atoms with Gasteiger partial charge in [0.2, 0.25) is 0 Å². The molecule has 0 unspecified atom stereocenters. The fraction of sp³-hybridized carbons (Fsp3) is 0.302. The van der Waals surface area contributed by atoms with Gasteiger partial charge >= 0.3 is 23.9 Å². The largest absolute Gasteiger partial charge is 0.494 e. The van der Waals surface area contributed by atoms with Gasteiger partial charge in [0, 0.05) is 18.9 Å². The van der Waals surface area contributed by atoms with Gasteiger partial charge in [0.15, 0.2) is 0 Å². The average Bonchev–Trinajstić information content (AvgIpc) is 3.16. The van der Waals surface area contributed by atoms with E-state index < -0.39 is 17.9 Å². The molecule has 11 nitrogen and oxygen atoms in total. The second-order valence-corrected chi connectivity index (χ2v) is 13.6. The van der Waals surface area contributed by atoms with E-state index in [0.29, 0.717) is 66.5 Å². The zero-order valence-corrected chi connectivity index (χ0v) is 31.2. The van der Waals surface area contributed by atoms with E-state index in [2.05, 4.69) is 37.6 Å². The van der Waals surface area contributed by atoms with Gasteiger partial charge in [-0.1, -0.05) is 39.5 Å². The Labute approximate surface area is 316 Å². The number of benzene rings is 4. The molecule has 0 aliphatic heterocycles. The van der Waals surface area contributed by atoms with Gasteiger partial charge in [-0.25, -0.2) is 14.4 Å². The number of unbranched alkanes of at least 4 members (excludes halogenated alkanes) is 1. The van der Waals surface area contributed by atoms with Gasteiger partial charge in [0.1, 0.15) is 17.2 Å². The SMILES string of the molecule is C=CC(=O)OCCc1ccc(/N=N/c2ccc(OC(=O)c3ccc(OC(=O)c4ccc(OCCCCOC(=O)CCC(C)(C)C)cc4)cc3)c(C)c2)cc1.